The van der Waals surface area contributed by atoms with Gasteiger partial charge in [0.25, 0.3) is 0 Å². The largest absolute Gasteiger partial charge is 0.506 e. The van der Waals surface area contributed by atoms with E-state index in [1.807, 2.05) is 40.1 Å². The van der Waals surface area contributed by atoms with E-state index < -0.39 is 22.8 Å². The van der Waals surface area contributed by atoms with Crippen molar-refractivity contribution in [3.8, 4) is 5.75 Å². The molecule has 0 spiro atoms. The number of ether oxygens (including phenoxy) is 2. The molecule has 12 heteroatoms. The number of aryl methyl sites for hydroxylation is 1. The van der Waals surface area contributed by atoms with Gasteiger partial charge in [-0.05, 0) is 17.8 Å². The van der Waals surface area contributed by atoms with Crippen LogP contribution in [0.2, 0.25) is 0 Å². The molecule has 44 heavy (non-hydrogen) atoms. The van der Waals surface area contributed by atoms with E-state index in [2.05, 4.69) is 67.2 Å². The molecule has 3 rings (SSSR count). The van der Waals surface area contributed by atoms with Crippen LogP contribution in [0.3, 0.4) is 0 Å². The quantitative estimate of drug-likeness (QED) is 0.271. The van der Waals surface area contributed by atoms with E-state index in [1.165, 1.54) is 6.20 Å². The van der Waals surface area contributed by atoms with Crippen LogP contribution in [0.5, 0.6) is 5.75 Å². The first kappa shape index (κ1) is 34.7. The number of pyridine rings is 1. The minimum absolute atomic E-state index is 0.0361. The van der Waals surface area contributed by atoms with E-state index >= 15 is 0 Å². The fourth-order valence-corrected chi connectivity index (χ4v) is 4.63. The molecule has 0 fully saturated rings. The summed E-state index contributed by atoms with van der Waals surface area (Å²) in [5.74, 6) is -1.00. The highest BCUT2D eigenvalue weighted by molar-refractivity contribution is 5.72. The molecule has 242 valence electrons. The smallest absolute Gasteiger partial charge is 0.307 e. The third-order valence-electron chi connectivity index (χ3n) is 7.11. The van der Waals surface area contributed by atoms with Crippen molar-refractivity contribution in [2.24, 2.45) is 10.8 Å². The van der Waals surface area contributed by atoms with E-state index in [0.29, 0.717) is 41.3 Å². The Morgan fingerprint density at radius 1 is 0.750 bits per heavy atom. The van der Waals surface area contributed by atoms with Crippen LogP contribution < -0.4 is 0 Å². The lowest BCUT2D eigenvalue weighted by molar-refractivity contribution is -0.148. The maximum absolute atomic E-state index is 12.9. The Hall–Kier alpha value is -3.83. The molecule has 0 saturated carbocycles. The summed E-state index contributed by atoms with van der Waals surface area (Å²) in [5, 5.41) is 27.7. The first-order valence-electron chi connectivity index (χ1n) is 14.9. The zero-order chi connectivity index (χ0) is 33.1. The van der Waals surface area contributed by atoms with Crippen molar-refractivity contribution in [2.45, 2.75) is 126 Å². The van der Waals surface area contributed by atoms with Gasteiger partial charge in [-0.25, -0.2) is 0 Å². The molecule has 0 saturated heterocycles. The Morgan fingerprint density at radius 2 is 1.18 bits per heavy atom. The van der Waals surface area contributed by atoms with Crippen molar-refractivity contribution in [3.63, 3.8) is 0 Å². The first-order valence-corrected chi connectivity index (χ1v) is 14.9. The highest BCUT2D eigenvalue weighted by atomic mass is 16.5. The maximum atomic E-state index is 12.9. The number of aromatic nitrogens is 7. The van der Waals surface area contributed by atoms with Crippen LogP contribution in [-0.2, 0) is 56.2 Å². The van der Waals surface area contributed by atoms with E-state index in [1.54, 1.807) is 16.3 Å². The normalized spacial score (nSPS) is 12.8. The van der Waals surface area contributed by atoms with Gasteiger partial charge in [-0.3, -0.25) is 23.9 Å². The van der Waals surface area contributed by atoms with Crippen LogP contribution >= 0.6 is 0 Å². The number of esters is 2. The fourth-order valence-electron chi connectivity index (χ4n) is 4.63. The number of carbonyl (C=O) groups is 2. The zero-order valence-corrected chi connectivity index (χ0v) is 28.2. The third kappa shape index (κ3) is 9.85. The lowest BCUT2D eigenvalue weighted by atomic mass is 9.86. The SMILES string of the molecule is Cc1ncc(COC(=O)CC(C)(C)c2cn(CC(C)(C)C)nn2)c(COC(=O)CC(C)(C)c2cn(CC(C)(C)C)nn2)c1O. The van der Waals surface area contributed by atoms with Gasteiger partial charge < -0.3 is 14.6 Å². The van der Waals surface area contributed by atoms with E-state index in [9.17, 15) is 14.7 Å². The van der Waals surface area contributed by atoms with Crippen LogP contribution in [0.1, 0.15) is 110 Å². The molecular weight excluding hydrogens is 562 g/mol. The number of aromatic hydroxyl groups is 1. The Bertz CT molecular complexity index is 1460. The summed E-state index contributed by atoms with van der Waals surface area (Å²) in [6, 6.07) is 0. The predicted octanol–water partition coefficient (Wildman–Crippen LogP) is 5.19. The second-order valence-corrected chi connectivity index (χ2v) is 15.4. The lowest BCUT2D eigenvalue weighted by Crippen LogP contribution is -2.24. The maximum Gasteiger partial charge on any atom is 0.307 e. The van der Waals surface area contributed by atoms with Gasteiger partial charge in [0.1, 0.15) is 19.0 Å². The summed E-state index contributed by atoms with van der Waals surface area (Å²) in [4.78, 5) is 30.0. The minimum atomic E-state index is -0.618. The minimum Gasteiger partial charge on any atom is -0.506 e. The van der Waals surface area contributed by atoms with Gasteiger partial charge in [0.15, 0.2) is 0 Å². The van der Waals surface area contributed by atoms with Crippen molar-refractivity contribution in [2.75, 3.05) is 0 Å². The van der Waals surface area contributed by atoms with E-state index in [0.717, 1.165) is 0 Å². The molecule has 0 bridgehead atoms. The topological polar surface area (TPSA) is 147 Å². The molecule has 3 aromatic heterocycles. The summed E-state index contributed by atoms with van der Waals surface area (Å²) in [5.41, 5.74) is 1.41. The van der Waals surface area contributed by atoms with E-state index in [-0.39, 0.29) is 42.6 Å². The first-order chi connectivity index (χ1) is 20.1. The van der Waals surface area contributed by atoms with Gasteiger partial charge in [-0.15, -0.1) is 10.2 Å². The van der Waals surface area contributed by atoms with Crippen molar-refractivity contribution in [1.29, 1.82) is 0 Å². The Labute approximate surface area is 260 Å². The van der Waals surface area contributed by atoms with Crippen LogP contribution in [0.4, 0.5) is 0 Å². The molecule has 0 aromatic carbocycles. The molecule has 0 radical (unpaired) electrons. The second-order valence-electron chi connectivity index (χ2n) is 15.4. The predicted molar refractivity (Wildman–Crippen MR) is 164 cm³/mol. The number of hydrogen-bond acceptors (Lipinski definition) is 10. The molecule has 1 N–H and O–H groups in total. The average molecular weight is 612 g/mol. The van der Waals surface area contributed by atoms with Crippen LogP contribution in [0.25, 0.3) is 0 Å². The summed E-state index contributed by atoms with van der Waals surface area (Å²) >= 11 is 0. The van der Waals surface area contributed by atoms with Crippen molar-refractivity contribution >= 4 is 11.9 Å². The van der Waals surface area contributed by atoms with Crippen molar-refractivity contribution in [3.05, 3.63) is 46.8 Å². The molecule has 0 amide bonds. The van der Waals surface area contributed by atoms with Gasteiger partial charge in [0.2, 0.25) is 0 Å². The summed E-state index contributed by atoms with van der Waals surface area (Å²) in [6.45, 7) is 23.1. The molecule has 0 aliphatic heterocycles. The molecule has 0 aliphatic carbocycles. The monoisotopic (exact) mass is 611 g/mol. The van der Waals surface area contributed by atoms with Gasteiger partial charge >= 0.3 is 11.9 Å². The number of nitrogens with zero attached hydrogens (tertiary/aromatic N) is 7. The molecular formula is C32H49N7O5. The van der Waals surface area contributed by atoms with Crippen LogP contribution in [-0.4, -0.2) is 52.0 Å². The van der Waals surface area contributed by atoms with Gasteiger partial charge in [0, 0.05) is 53.6 Å². The zero-order valence-electron chi connectivity index (χ0n) is 28.2. The molecule has 0 aliphatic rings. The number of carbonyl (C=O) groups excluding carboxylic acids is 2. The Morgan fingerprint density at radius 3 is 1.61 bits per heavy atom. The highest BCUT2D eigenvalue weighted by Crippen LogP contribution is 2.30. The third-order valence-corrected chi connectivity index (χ3v) is 7.11. The van der Waals surface area contributed by atoms with Crippen LogP contribution in [0.15, 0.2) is 18.6 Å². The van der Waals surface area contributed by atoms with Gasteiger partial charge in [0.05, 0.1) is 29.9 Å². The number of rotatable bonds is 12. The average Bonchev–Trinajstić information content (AvgIpc) is 3.52. The van der Waals surface area contributed by atoms with E-state index in [4.69, 9.17) is 9.47 Å². The standard InChI is InChI=1S/C32H49N7O5/c1-21-28(42)23(18-44-27(41)13-32(10,11)25-16-39(37-35-25)20-30(5,6)7)22(14-33-21)17-43-26(40)12-31(8,9)24-15-38(36-34-24)19-29(2,3)4/h14-16,42H,12-13,17-20H2,1-11H3. The second kappa shape index (κ2) is 13.0. The Balaban J connectivity index is 1.62. The Kier molecular flexibility index (Phi) is 10.3. The number of hydrogen-bond donors (Lipinski definition) is 1. The van der Waals surface area contributed by atoms with Crippen molar-refractivity contribution in [1.82, 2.24) is 35.0 Å². The molecule has 0 atom stereocenters. The molecule has 3 heterocycles. The molecule has 12 nitrogen and oxygen atoms in total. The highest BCUT2D eigenvalue weighted by Gasteiger charge is 2.31. The van der Waals surface area contributed by atoms with Gasteiger partial charge in [-0.1, -0.05) is 79.7 Å². The molecule has 3 aromatic rings. The summed E-state index contributed by atoms with van der Waals surface area (Å²) < 4.78 is 14.7. The van der Waals surface area contributed by atoms with Gasteiger partial charge in [-0.2, -0.15) is 0 Å². The molecule has 0 unspecified atom stereocenters. The van der Waals surface area contributed by atoms with Crippen molar-refractivity contribution < 1.29 is 24.2 Å². The fraction of sp³-hybridized carbons (Fsp3) is 0.656. The summed E-state index contributed by atoms with van der Waals surface area (Å²) in [7, 11) is 0. The lowest BCUT2D eigenvalue weighted by Gasteiger charge is -2.22. The summed E-state index contributed by atoms with van der Waals surface area (Å²) in [6.07, 6.45) is 5.38. The van der Waals surface area contributed by atoms with Crippen LogP contribution in [0, 0.1) is 17.8 Å².